The molecule has 1 aliphatic heterocycles. The van der Waals surface area contributed by atoms with Gasteiger partial charge >= 0.3 is 12.0 Å². The highest BCUT2D eigenvalue weighted by Gasteiger charge is 2.47. The summed E-state index contributed by atoms with van der Waals surface area (Å²) in [6, 6.07) is 2.98. The average molecular weight is 324 g/mol. The van der Waals surface area contributed by atoms with E-state index in [4.69, 9.17) is 9.47 Å². The molecule has 0 saturated carbocycles. The summed E-state index contributed by atoms with van der Waals surface area (Å²) in [5.74, 6) is -2.40. The Balaban J connectivity index is 0.00000220. The lowest BCUT2D eigenvalue weighted by molar-refractivity contribution is -0.104. The first-order valence-corrected chi connectivity index (χ1v) is 6.09. The molecule has 0 bridgehead atoms. The lowest BCUT2D eigenvalue weighted by Gasteiger charge is -2.32. The van der Waals surface area contributed by atoms with E-state index >= 15 is 0 Å². The summed E-state index contributed by atoms with van der Waals surface area (Å²) in [7, 11) is 1.42. The monoisotopic (exact) mass is 323 g/mol. The van der Waals surface area contributed by atoms with Crippen molar-refractivity contribution in [3.63, 3.8) is 0 Å². The summed E-state index contributed by atoms with van der Waals surface area (Å²) in [6.45, 7) is 1.29. The van der Waals surface area contributed by atoms with E-state index in [1.54, 1.807) is 6.92 Å². The Morgan fingerprint density at radius 1 is 1.43 bits per heavy atom. The molecule has 0 unspecified atom stereocenters. The number of methoxy groups -OCH3 is 1. The van der Waals surface area contributed by atoms with Gasteiger partial charge in [0.2, 0.25) is 0 Å². The number of rotatable bonds is 4. The predicted octanol–water partition coefficient (Wildman–Crippen LogP) is 2.93. The summed E-state index contributed by atoms with van der Waals surface area (Å²) in [4.78, 5) is 11.1. The third-order valence-corrected chi connectivity index (χ3v) is 2.90. The molecule has 5 nitrogen and oxygen atoms in total. The fourth-order valence-corrected chi connectivity index (χ4v) is 1.98. The molecule has 1 N–H and O–H groups in total. The molecule has 0 aromatic heterocycles. The van der Waals surface area contributed by atoms with Crippen LogP contribution in [-0.2, 0) is 4.74 Å². The fraction of sp³-hybridized carbons (Fsp3) is 0.462. The van der Waals surface area contributed by atoms with Crippen molar-refractivity contribution in [1.29, 1.82) is 0 Å². The number of carbonyl (C=O) groups is 1. The number of amides is 1. The number of nitrogens with one attached hydrogen (secondary N) is 1. The Kier molecular flexibility index (Phi) is 5.60. The third kappa shape index (κ3) is 3.66. The van der Waals surface area contributed by atoms with E-state index < -0.39 is 24.7 Å². The Labute approximate surface area is 127 Å². The molecule has 1 heterocycles. The van der Waals surface area contributed by atoms with E-state index in [0.29, 0.717) is 18.1 Å². The van der Waals surface area contributed by atoms with Gasteiger partial charge in [0.1, 0.15) is 6.04 Å². The molecule has 0 spiro atoms. The summed E-state index contributed by atoms with van der Waals surface area (Å²) < 4.78 is 42.3. The fourth-order valence-electron chi connectivity index (χ4n) is 1.98. The van der Waals surface area contributed by atoms with Crippen molar-refractivity contribution in [2.45, 2.75) is 18.9 Å². The zero-order valence-electron chi connectivity index (χ0n) is 11.5. The number of cyclic esters (lactones) is 1. The summed E-state index contributed by atoms with van der Waals surface area (Å²) in [5.41, 5.74) is 0.229. The Morgan fingerprint density at radius 2 is 2.14 bits per heavy atom. The van der Waals surface area contributed by atoms with Crippen molar-refractivity contribution in [2.24, 2.45) is 0 Å². The highest BCUT2D eigenvalue weighted by molar-refractivity contribution is 5.85. The molecular formula is C13H16ClF2NO4. The van der Waals surface area contributed by atoms with Gasteiger partial charge in [-0.2, -0.15) is 0 Å². The second kappa shape index (κ2) is 6.80. The van der Waals surface area contributed by atoms with Crippen molar-refractivity contribution < 1.29 is 27.8 Å². The number of alkyl carbamates (subject to hydrolysis) is 1. The van der Waals surface area contributed by atoms with Crippen LogP contribution in [0.25, 0.3) is 0 Å². The van der Waals surface area contributed by atoms with Crippen LogP contribution in [0.1, 0.15) is 18.5 Å². The lowest BCUT2D eigenvalue weighted by Crippen LogP contribution is -2.49. The molecule has 1 aromatic carbocycles. The molecule has 2 rings (SSSR count). The van der Waals surface area contributed by atoms with Gasteiger partial charge in [-0.3, -0.25) is 0 Å². The van der Waals surface area contributed by atoms with E-state index in [9.17, 15) is 13.6 Å². The highest BCUT2D eigenvalue weighted by atomic mass is 35.5. The van der Waals surface area contributed by atoms with E-state index in [1.165, 1.54) is 25.3 Å². The molecule has 0 aliphatic carbocycles. The van der Waals surface area contributed by atoms with Crippen molar-refractivity contribution >= 4 is 18.5 Å². The van der Waals surface area contributed by atoms with Crippen LogP contribution in [0.4, 0.5) is 13.6 Å². The number of benzene rings is 1. The van der Waals surface area contributed by atoms with Crippen molar-refractivity contribution in [3.8, 4) is 11.5 Å². The number of ether oxygens (including phenoxy) is 3. The van der Waals surface area contributed by atoms with Gasteiger partial charge < -0.3 is 19.5 Å². The van der Waals surface area contributed by atoms with E-state index in [0.717, 1.165) is 0 Å². The van der Waals surface area contributed by atoms with Crippen LogP contribution in [0.15, 0.2) is 18.2 Å². The minimum atomic E-state index is -3.19. The van der Waals surface area contributed by atoms with E-state index in [1.807, 2.05) is 0 Å². The normalized spacial score (nSPS) is 19.8. The molecule has 0 radical (unpaired) electrons. The second-order valence-corrected chi connectivity index (χ2v) is 4.26. The molecule has 1 saturated heterocycles. The van der Waals surface area contributed by atoms with Crippen molar-refractivity contribution in [3.05, 3.63) is 23.8 Å². The van der Waals surface area contributed by atoms with Crippen LogP contribution in [0, 0.1) is 0 Å². The van der Waals surface area contributed by atoms with Gasteiger partial charge in [0.25, 0.3) is 0 Å². The SMILES string of the molecule is CCOc1ccc([C@@H]2NC(=O)OCC2(F)F)cc1OC.Cl. The molecule has 1 aliphatic rings. The Morgan fingerprint density at radius 3 is 2.76 bits per heavy atom. The third-order valence-electron chi connectivity index (χ3n) is 2.90. The Hall–Kier alpha value is -1.76. The quantitative estimate of drug-likeness (QED) is 0.925. The first-order chi connectivity index (χ1) is 9.47. The summed E-state index contributed by atoms with van der Waals surface area (Å²) in [5, 5.41) is 2.12. The first-order valence-electron chi connectivity index (χ1n) is 6.09. The maximum atomic E-state index is 13.8. The van der Waals surface area contributed by atoms with Crippen LogP contribution < -0.4 is 14.8 Å². The van der Waals surface area contributed by atoms with Crippen LogP contribution in [0.3, 0.4) is 0 Å². The second-order valence-electron chi connectivity index (χ2n) is 4.26. The number of alkyl halides is 2. The van der Waals surface area contributed by atoms with E-state index in [2.05, 4.69) is 10.1 Å². The summed E-state index contributed by atoms with van der Waals surface area (Å²) in [6.07, 6.45) is -0.867. The smallest absolute Gasteiger partial charge is 0.408 e. The van der Waals surface area contributed by atoms with Crippen molar-refractivity contribution in [2.75, 3.05) is 20.3 Å². The van der Waals surface area contributed by atoms with Gasteiger partial charge in [-0.25, -0.2) is 13.6 Å². The molecule has 8 heteroatoms. The topological polar surface area (TPSA) is 56.8 Å². The van der Waals surface area contributed by atoms with Crippen LogP contribution in [0.2, 0.25) is 0 Å². The molecule has 1 fully saturated rings. The average Bonchev–Trinajstić information content (AvgIpc) is 2.42. The van der Waals surface area contributed by atoms with Crippen LogP contribution in [0.5, 0.6) is 11.5 Å². The Bertz CT molecular complexity index is 513. The largest absolute Gasteiger partial charge is 0.493 e. The van der Waals surface area contributed by atoms with Gasteiger partial charge in [-0.15, -0.1) is 12.4 Å². The zero-order chi connectivity index (χ0) is 14.8. The molecule has 1 atom stereocenters. The molecule has 21 heavy (non-hydrogen) atoms. The maximum absolute atomic E-state index is 13.8. The molecular weight excluding hydrogens is 308 g/mol. The van der Waals surface area contributed by atoms with Gasteiger partial charge in [0, 0.05) is 0 Å². The van der Waals surface area contributed by atoms with Crippen LogP contribution in [-0.4, -0.2) is 32.3 Å². The minimum Gasteiger partial charge on any atom is -0.493 e. The van der Waals surface area contributed by atoms with Crippen molar-refractivity contribution in [1.82, 2.24) is 5.32 Å². The highest BCUT2D eigenvalue weighted by Crippen LogP contribution is 2.38. The first kappa shape index (κ1) is 17.3. The standard InChI is InChI=1S/C13H15F2NO4.ClH/c1-3-19-9-5-4-8(6-10(9)18-2)11-13(14,15)7-20-12(17)16-11;/h4-6,11H,3,7H2,1-2H3,(H,16,17);1H/t11-;/m0./s1. The van der Waals surface area contributed by atoms with E-state index in [-0.39, 0.29) is 18.0 Å². The zero-order valence-corrected chi connectivity index (χ0v) is 12.3. The summed E-state index contributed by atoms with van der Waals surface area (Å²) >= 11 is 0. The number of hydrogen-bond acceptors (Lipinski definition) is 4. The number of halogens is 3. The number of hydrogen-bond donors (Lipinski definition) is 1. The predicted molar refractivity (Wildman–Crippen MR) is 73.6 cm³/mol. The van der Waals surface area contributed by atoms with Gasteiger partial charge in [0.05, 0.1) is 13.7 Å². The molecule has 118 valence electrons. The molecule has 1 aromatic rings. The minimum absolute atomic E-state index is 0. The van der Waals surface area contributed by atoms with Gasteiger partial charge in [-0.1, -0.05) is 6.07 Å². The van der Waals surface area contributed by atoms with Gasteiger partial charge in [-0.05, 0) is 24.6 Å². The van der Waals surface area contributed by atoms with Crippen LogP contribution >= 0.6 is 12.4 Å². The van der Waals surface area contributed by atoms with Gasteiger partial charge in [0.15, 0.2) is 18.1 Å². The lowest BCUT2D eigenvalue weighted by atomic mass is 9.99. The number of carbonyl (C=O) groups excluding carboxylic acids is 1. The maximum Gasteiger partial charge on any atom is 0.408 e. The molecule has 1 amide bonds.